The van der Waals surface area contributed by atoms with Crippen LogP contribution in [0.1, 0.15) is 37.7 Å². The third-order valence-corrected chi connectivity index (χ3v) is 7.29. The van der Waals surface area contributed by atoms with Gasteiger partial charge in [-0.25, -0.2) is 4.98 Å². The summed E-state index contributed by atoms with van der Waals surface area (Å²) in [7, 11) is 1.70. The summed E-state index contributed by atoms with van der Waals surface area (Å²) in [4.78, 5) is 35.7. The molecule has 8 heteroatoms. The summed E-state index contributed by atoms with van der Waals surface area (Å²) in [6.07, 6.45) is 11.8. The van der Waals surface area contributed by atoms with E-state index in [9.17, 15) is 9.59 Å². The molecule has 2 saturated carbocycles. The summed E-state index contributed by atoms with van der Waals surface area (Å²) in [5.41, 5.74) is 0.975. The van der Waals surface area contributed by atoms with Gasteiger partial charge >= 0.3 is 0 Å². The number of pyridine rings is 1. The largest absolute Gasteiger partial charge is 0.474 e. The van der Waals surface area contributed by atoms with Gasteiger partial charge in [0, 0.05) is 38.4 Å². The highest BCUT2D eigenvalue weighted by atomic mass is 16.5. The number of aliphatic imine (C=N–C) groups is 1. The molecular formula is C24H31N5O3. The molecule has 1 aliphatic heterocycles. The van der Waals surface area contributed by atoms with Crippen LogP contribution in [0.5, 0.6) is 5.88 Å². The van der Waals surface area contributed by atoms with Crippen molar-refractivity contribution in [2.75, 3.05) is 20.1 Å². The molecule has 4 atom stereocenters. The predicted molar refractivity (Wildman–Crippen MR) is 120 cm³/mol. The van der Waals surface area contributed by atoms with Crippen molar-refractivity contribution in [2.45, 2.75) is 44.8 Å². The molecule has 8 nitrogen and oxygen atoms in total. The summed E-state index contributed by atoms with van der Waals surface area (Å²) in [6, 6.07) is 3.90. The first-order valence-corrected chi connectivity index (χ1v) is 11.7. The van der Waals surface area contributed by atoms with Crippen molar-refractivity contribution < 1.29 is 14.3 Å². The molecule has 0 spiro atoms. The van der Waals surface area contributed by atoms with E-state index in [4.69, 9.17) is 4.74 Å². The number of likely N-dealkylation sites (tertiary alicyclic amines) is 1. The maximum Gasteiger partial charge on any atom is 0.233 e. The van der Waals surface area contributed by atoms with Gasteiger partial charge in [0.05, 0.1) is 11.8 Å². The second-order valence-electron chi connectivity index (χ2n) is 9.17. The quantitative estimate of drug-likeness (QED) is 0.293. The molecule has 2 amide bonds. The zero-order valence-corrected chi connectivity index (χ0v) is 18.5. The minimum Gasteiger partial charge on any atom is -0.474 e. The Morgan fingerprint density at radius 1 is 1.16 bits per heavy atom. The number of imide groups is 1. The van der Waals surface area contributed by atoms with Gasteiger partial charge in [0.2, 0.25) is 17.7 Å². The Labute approximate surface area is 188 Å². The van der Waals surface area contributed by atoms with Gasteiger partial charge in [-0.05, 0) is 50.0 Å². The molecular weight excluding hydrogens is 406 g/mol. The number of carbonyl (C=O) groups excluding carboxylic acids is 2. The Hall–Kier alpha value is -2.90. The van der Waals surface area contributed by atoms with Crippen LogP contribution in [0.4, 0.5) is 0 Å². The average Bonchev–Trinajstić information content (AvgIpc) is 3.59. The molecule has 32 heavy (non-hydrogen) atoms. The van der Waals surface area contributed by atoms with E-state index in [1.165, 1.54) is 17.7 Å². The number of amides is 2. The number of hydrogen-bond donors (Lipinski definition) is 2. The van der Waals surface area contributed by atoms with E-state index in [0.29, 0.717) is 31.5 Å². The number of fused-ring (bicyclic) bond motifs is 5. The maximum atomic E-state index is 12.8. The van der Waals surface area contributed by atoms with Crippen LogP contribution in [0.3, 0.4) is 0 Å². The number of guanidine groups is 1. The molecule has 1 saturated heterocycles. The van der Waals surface area contributed by atoms with Gasteiger partial charge in [-0.1, -0.05) is 18.2 Å². The van der Waals surface area contributed by atoms with E-state index in [0.717, 1.165) is 24.8 Å². The lowest BCUT2D eigenvalue weighted by Gasteiger charge is -2.19. The Morgan fingerprint density at radius 2 is 1.88 bits per heavy atom. The van der Waals surface area contributed by atoms with Crippen LogP contribution in [-0.2, 0) is 16.1 Å². The molecule has 1 aromatic heterocycles. The fourth-order valence-corrected chi connectivity index (χ4v) is 5.70. The Kier molecular flexibility index (Phi) is 5.85. The first kappa shape index (κ1) is 21.0. The molecule has 2 heterocycles. The molecule has 2 N–H and O–H groups in total. The van der Waals surface area contributed by atoms with Crippen molar-refractivity contribution >= 4 is 17.8 Å². The Morgan fingerprint density at radius 3 is 2.56 bits per heavy atom. The number of allylic oxidation sites excluding steroid dienone is 2. The smallest absolute Gasteiger partial charge is 0.233 e. The third kappa shape index (κ3) is 3.87. The van der Waals surface area contributed by atoms with Gasteiger partial charge in [-0.2, -0.15) is 0 Å². The van der Waals surface area contributed by atoms with E-state index in [-0.39, 0.29) is 41.6 Å². The number of nitrogens with one attached hydrogen (secondary N) is 2. The minimum absolute atomic E-state index is 0.00865. The molecule has 4 unspecified atom stereocenters. The maximum absolute atomic E-state index is 12.8. The van der Waals surface area contributed by atoms with Crippen LogP contribution in [-0.4, -0.2) is 53.9 Å². The van der Waals surface area contributed by atoms with Crippen LogP contribution in [0.2, 0.25) is 0 Å². The molecule has 3 fully saturated rings. The van der Waals surface area contributed by atoms with Crippen LogP contribution in [0.15, 0.2) is 35.5 Å². The normalized spacial score (nSPS) is 29.2. The second-order valence-corrected chi connectivity index (χ2v) is 9.17. The van der Waals surface area contributed by atoms with Crippen molar-refractivity contribution in [3.63, 3.8) is 0 Å². The van der Waals surface area contributed by atoms with Crippen molar-refractivity contribution in [1.82, 2.24) is 20.5 Å². The third-order valence-electron chi connectivity index (χ3n) is 7.29. The first-order chi connectivity index (χ1) is 15.7. The highest BCUT2D eigenvalue weighted by Gasteiger charge is 2.58. The highest BCUT2D eigenvalue weighted by Crippen LogP contribution is 2.52. The van der Waals surface area contributed by atoms with Crippen LogP contribution >= 0.6 is 0 Å². The fourth-order valence-electron chi connectivity index (χ4n) is 5.70. The molecule has 1 aromatic rings. The Bertz CT molecular complexity index is 909. The van der Waals surface area contributed by atoms with Crippen LogP contribution < -0.4 is 15.4 Å². The van der Waals surface area contributed by atoms with E-state index >= 15 is 0 Å². The summed E-state index contributed by atoms with van der Waals surface area (Å²) in [6.45, 7) is 1.34. The second kappa shape index (κ2) is 8.92. The van der Waals surface area contributed by atoms with E-state index in [2.05, 4.69) is 32.8 Å². The van der Waals surface area contributed by atoms with E-state index in [1.54, 1.807) is 13.2 Å². The van der Waals surface area contributed by atoms with Crippen molar-refractivity contribution in [1.29, 1.82) is 0 Å². The van der Waals surface area contributed by atoms with Crippen LogP contribution in [0, 0.1) is 23.7 Å². The van der Waals surface area contributed by atoms with Gasteiger partial charge in [-0.15, -0.1) is 0 Å². The number of ether oxygens (including phenoxy) is 1. The number of aromatic nitrogens is 1. The number of hydrogen-bond acceptors (Lipinski definition) is 5. The number of nitrogens with zero attached hydrogens (tertiary/aromatic N) is 3. The molecule has 170 valence electrons. The monoisotopic (exact) mass is 437 g/mol. The standard InChI is InChI=1S/C24H31N5O3/c1-25-24(28-14-17-5-4-10-26-21(17)32-18-6-2-3-7-18)27-11-12-29-22(30)19-15-8-9-16(13-15)20(19)23(29)31/h4-5,8-10,15-16,18-20H,2-3,6-7,11-14H2,1H3,(H2,25,27,28). The number of carbonyl (C=O) groups is 2. The van der Waals surface area contributed by atoms with Crippen molar-refractivity contribution in [2.24, 2.45) is 28.7 Å². The Balaban J connectivity index is 1.12. The lowest BCUT2D eigenvalue weighted by molar-refractivity contribution is -0.140. The van der Waals surface area contributed by atoms with Gasteiger partial charge in [0.1, 0.15) is 6.10 Å². The molecule has 4 aliphatic rings. The molecule has 0 aromatic carbocycles. The van der Waals surface area contributed by atoms with Crippen LogP contribution in [0.25, 0.3) is 0 Å². The summed E-state index contributed by atoms with van der Waals surface area (Å²) >= 11 is 0. The summed E-state index contributed by atoms with van der Waals surface area (Å²) in [5, 5.41) is 6.50. The molecule has 3 aliphatic carbocycles. The number of rotatable bonds is 7. The van der Waals surface area contributed by atoms with Crippen molar-refractivity contribution in [3.05, 3.63) is 36.0 Å². The van der Waals surface area contributed by atoms with Crippen molar-refractivity contribution in [3.8, 4) is 5.88 Å². The van der Waals surface area contributed by atoms with Gasteiger partial charge in [0.25, 0.3) is 0 Å². The average molecular weight is 438 g/mol. The fraction of sp³-hybridized carbons (Fsp3) is 0.583. The first-order valence-electron chi connectivity index (χ1n) is 11.7. The summed E-state index contributed by atoms with van der Waals surface area (Å²) < 4.78 is 6.11. The SMILES string of the molecule is CN=C(NCCN1C(=O)C2C3C=CC(C3)C2C1=O)NCc1cccnc1OC1CCCC1. The predicted octanol–water partition coefficient (Wildman–Crippen LogP) is 1.88. The molecule has 2 bridgehead atoms. The zero-order valence-electron chi connectivity index (χ0n) is 18.5. The van der Waals surface area contributed by atoms with E-state index in [1.807, 2.05) is 12.1 Å². The topological polar surface area (TPSA) is 95.9 Å². The minimum atomic E-state index is -0.140. The van der Waals surface area contributed by atoms with Gasteiger partial charge in [-0.3, -0.25) is 19.5 Å². The highest BCUT2D eigenvalue weighted by molar-refractivity contribution is 6.06. The molecule has 5 rings (SSSR count). The van der Waals surface area contributed by atoms with Gasteiger partial charge in [0.15, 0.2) is 5.96 Å². The lowest BCUT2D eigenvalue weighted by atomic mass is 9.85. The van der Waals surface area contributed by atoms with E-state index < -0.39 is 0 Å². The van der Waals surface area contributed by atoms with Gasteiger partial charge < -0.3 is 15.4 Å². The zero-order chi connectivity index (χ0) is 22.1. The molecule has 0 radical (unpaired) electrons. The summed E-state index contributed by atoms with van der Waals surface area (Å²) in [5.74, 6) is 1.48. The lowest BCUT2D eigenvalue weighted by Crippen LogP contribution is -2.43.